The summed E-state index contributed by atoms with van der Waals surface area (Å²) in [5.41, 5.74) is 0. The van der Waals surface area contributed by atoms with Crippen LogP contribution in [0, 0.1) is 0 Å². The number of ether oxygens (including phenoxy) is 2. The van der Waals surface area contributed by atoms with E-state index in [0.29, 0.717) is 18.6 Å². The quantitative estimate of drug-likeness (QED) is 0.261. The number of carbonyl (C=O) groups excluding carboxylic acids is 1. The van der Waals surface area contributed by atoms with E-state index in [0.717, 1.165) is 44.9 Å². The molecule has 3 nitrogen and oxygen atoms in total. The molecule has 1 saturated heterocycles. The Hall–Kier alpha value is -1.61. The fourth-order valence-corrected chi connectivity index (χ4v) is 2.40. The molecule has 0 radical (unpaired) electrons. The maximum atomic E-state index is 11.0. The molecule has 3 heteroatoms. The fourth-order valence-electron chi connectivity index (χ4n) is 2.40. The van der Waals surface area contributed by atoms with Crippen LogP contribution in [-0.4, -0.2) is 25.3 Å². The van der Waals surface area contributed by atoms with Crippen molar-refractivity contribution < 1.29 is 14.3 Å². The zero-order valence-electron chi connectivity index (χ0n) is 15.2. The minimum atomic E-state index is -0.133. The van der Waals surface area contributed by atoms with Crippen LogP contribution in [0.2, 0.25) is 0 Å². The molecule has 1 aliphatic rings. The van der Waals surface area contributed by atoms with Gasteiger partial charge in [-0.1, -0.05) is 55.5 Å². The molecule has 134 valence electrons. The number of hydrogen-bond donors (Lipinski definition) is 0. The molecule has 0 bridgehead atoms. The highest BCUT2D eigenvalue weighted by atomic mass is 16.6. The maximum absolute atomic E-state index is 11.0. The Morgan fingerprint density at radius 1 is 0.917 bits per heavy atom. The second-order valence-corrected chi connectivity index (χ2v) is 5.92. The molecule has 0 spiro atoms. The number of epoxide rings is 1. The number of rotatable bonds is 13. The van der Waals surface area contributed by atoms with Crippen LogP contribution in [-0.2, 0) is 14.3 Å². The summed E-state index contributed by atoms with van der Waals surface area (Å²) in [6.45, 7) is 2.15. The summed E-state index contributed by atoms with van der Waals surface area (Å²) >= 11 is 0. The zero-order chi connectivity index (χ0) is 17.5. The molecule has 0 aromatic heterocycles. The van der Waals surface area contributed by atoms with Gasteiger partial charge < -0.3 is 9.47 Å². The molecule has 1 aliphatic heterocycles. The van der Waals surface area contributed by atoms with Crippen molar-refractivity contribution in [1.82, 2.24) is 0 Å². The molecule has 24 heavy (non-hydrogen) atoms. The lowest BCUT2D eigenvalue weighted by atomic mass is 10.1. The molecule has 1 heterocycles. The minimum Gasteiger partial charge on any atom is -0.469 e. The van der Waals surface area contributed by atoms with Gasteiger partial charge in [0.2, 0.25) is 0 Å². The first kappa shape index (κ1) is 20.4. The van der Waals surface area contributed by atoms with Gasteiger partial charge in [0.05, 0.1) is 19.3 Å². The molecule has 0 aliphatic carbocycles. The molecule has 1 rings (SSSR count). The van der Waals surface area contributed by atoms with Crippen LogP contribution in [0.5, 0.6) is 0 Å². The van der Waals surface area contributed by atoms with E-state index in [9.17, 15) is 4.79 Å². The van der Waals surface area contributed by atoms with E-state index in [-0.39, 0.29) is 5.97 Å². The third-order valence-electron chi connectivity index (χ3n) is 3.87. The smallest absolute Gasteiger partial charge is 0.305 e. The third kappa shape index (κ3) is 11.0. The van der Waals surface area contributed by atoms with E-state index in [1.807, 2.05) is 0 Å². The van der Waals surface area contributed by atoms with Crippen molar-refractivity contribution in [3.05, 3.63) is 48.6 Å². The Labute approximate surface area is 147 Å². The van der Waals surface area contributed by atoms with Crippen LogP contribution in [0.1, 0.15) is 58.3 Å². The van der Waals surface area contributed by atoms with Gasteiger partial charge in [0.15, 0.2) is 0 Å². The van der Waals surface area contributed by atoms with E-state index in [4.69, 9.17) is 4.74 Å². The predicted octanol–water partition coefficient (Wildman–Crippen LogP) is 5.29. The molecular formula is C21H32O3. The topological polar surface area (TPSA) is 38.8 Å². The van der Waals surface area contributed by atoms with E-state index < -0.39 is 0 Å². The summed E-state index contributed by atoms with van der Waals surface area (Å²) in [7, 11) is 1.43. The fraction of sp³-hybridized carbons (Fsp3) is 0.571. The Kier molecular flexibility index (Phi) is 11.7. The SMILES string of the molecule is CC/C=C\C/C=C\C/C=C\C/C=C\C[C@@H]1O[C@@H]1CCCC(=O)OC. The summed E-state index contributed by atoms with van der Waals surface area (Å²) in [4.78, 5) is 11.0. The Bertz CT molecular complexity index is 446. The first-order valence-corrected chi connectivity index (χ1v) is 9.10. The molecule has 2 atom stereocenters. The van der Waals surface area contributed by atoms with Crippen LogP contribution in [0.25, 0.3) is 0 Å². The van der Waals surface area contributed by atoms with Crippen molar-refractivity contribution in [2.24, 2.45) is 0 Å². The van der Waals surface area contributed by atoms with Gasteiger partial charge in [0.1, 0.15) is 0 Å². The Balaban J connectivity index is 1.94. The van der Waals surface area contributed by atoms with Crippen LogP contribution < -0.4 is 0 Å². The number of hydrogen-bond acceptors (Lipinski definition) is 3. The summed E-state index contributed by atoms with van der Waals surface area (Å²) in [5.74, 6) is -0.133. The van der Waals surface area contributed by atoms with Crippen LogP contribution >= 0.6 is 0 Å². The zero-order valence-corrected chi connectivity index (χ0v) is 15.2. The molecule has 0 aromatic carbocycles. The maximum Gasteiger partial charge on any atom is 0.305 e. The molecule has 0 amide bonds. The normalized spacial score (nSPS) is 20.8. The largest absolute Gasteiger partial charge is 0.469 e. The first-order chi connectivity index (χ1) is 11.8. The van der Waals surface area contributed by atoms with Crippen LogP contribution in [0.15, 0.2) is 48.6 Å². The number of allylic oxidation sites excluding steroid dienone is 7. The molecule has 0 unspecified atom stereocenters. The van der Waals surface area contributed by atoms with Gasteiger partial charge >= 0.3 is 5.97 Å². The standard InChI is InChI=1S/C21H32O3/c1-3-4-5-6-7-8-9-10-11-12-13-14-16-19-20(24-19)17-15-18-21(22)23-2/h4-5,7-8,10-11,13-14,19-20H,3,6,9,12,15-18H2,1-2H3/b5-4-,8-7-,11-10-,14-13-/t19-,20+/m0/s1. The van der Waals surface area contributed by atoms with E-state index in [1.165, 1.54) is 7.11 Å². The predicted molar refractivity (Wildman–Crippen MR) is 99.8 cm³/mol. The summed E-state index contributed by atoms with van der Waals surface area (Å²) in [5, 5.41) is 0. The van der Waals surface area contributed by atoms with Crippen LogP contribution in [0.3, 0.4) is 0 Å². The van der Waals surface area contributed by atoms with Gasteiger partial charge in [-0.25, -0.2) is 0 Å². The van der Waals surface area contributed by atoms with Gasteiger partial charge in [-0.15, -0.1) is 0 Å². The van der Waals surface area contributed by atoms with Crippen molar-refractivity contribution in [2.75, 3.05) is 7.11 Å². The Morgan fingerprint density at radius 3 is 2.08 bits per heavy atom. The second kappa shape index (κ2) is 13.8. The van der Waals surface area contributed by atoms with Crippen molar-refractivity contribution >= 4 is 5.97 Å². The van der Waals surface area contributed by atoms with Crippen LogP contribution in [0.4, 0.5) is 0 Å². The molecular weight excluding hydrogens is 300 g/mol. The molecule has 1 fully saturated rings. The van der Waals surface area contributed by atoms with E-state index in [2.05, 4.69) is 60.3 Å². The lowest BCUT2D eigenvalue weighted by Gasteiger charge is -1.96. The second-order valence-electron chi connectivity index (χ2n) is 5.92. The van der Waals surface area contributed by atoms with Crippen molar-refractivity contribution in [3.8, 4) is 0 Å². The summed E-state index contributed by atoms with van der Waals surface area (Å²) in [6.07, 6.45) is 25.7. The number of esters is 1. The monoisotopic (exact) mass is 332 g/mol. The highest BCUT2D eigenvalue weighted by Gasteiger charge is 2.36. The lowest BCUT2D eigenvalue weighted by molar-refractivity contribution is -0.140. The van der Waals surface area contributed by atoms with Gasteiger partial charge in [-0.2, -0.15) is 0 Å². The summed E-state index contributed by atoms with van der Waals surface area (Å²) in [6, 6.07) is 0. The average Bonchev–Trinajstić information content (AvgIpc) is 3.34. The number of carbonyl (C=O) groups is 1. The van der Waals surface area contributed by atoms with Crippen molar-refractivity contribution in [3.63, 3.8) is 0 Å². The van der Waals surface area contributed by atoms with Gasteiger partial charge in [0, 0.05) is 6.42 Å². The minimum absolute atomic E-state index is 0.133. The van der Waals surface area contributed by atoms with Crippen molar-refractivity contribution in [1.29, 1.82) is 0 Å². The summed E-state index contributed by atoms with van der Waals surface area (Å²) < 4.78 is 10.2. The highest BCUT2D eigenvalue weighted by molar-refractivity contribution is 5.68. The Morgan fingerprint density at radius 2 is 1.50 bits per heavy atom. The third-order valence-corrected chi connectivity index (χ3v) is 3.87. The first-order valence-electron chi connectivity index (χ1n) is 9.10. The molecule has 0 aromatic rings. The molecule has 0 saturated carbocycles. The van der Waals surface area contributed by atoms with Gasteiger partial charge in [0.25, 0.3) is 0 Å². The van der Waals surface area contributed by atoms with Crippen molar-refractivity contribution in [2.45, 2.75) is 70.5 Å². The van der Waals surface area contributed by atoms with Gasteiger partial charge in [-0.05, 0) is 44.9 Å². The lowest BCUT2D eigenvalue weighted by Crippen LogP contribution is -2.01. The number of methoxy groups -OCH3 is 1. The molecule has 0 N–H and O–H groups in total. The van der Waals surface area contributed by atoms with E-state index in [1.54, 1.807) is 0 Å². The van der Waals surface area contributed by atoms with E-state index >= 15 is 0 Å². The average molecular weight is 332 g/mol. The highest BCUT2D eigenvalue weighted by Crippen LogP contribution is 2.30. The van der Waals surface area contributed by atoms with Gasteiger partial charge in [-0.3, -0.25) is 4.79 Å².